The Labute approximate surface area is 170 Å². The monoisotopic (exact) mass is 400 g/mol. The second kappa shape index (κ2) is 8.52. The molecule has 1 unspecified atom stereocenters. The Kier molecular flexibility index (Phi) is 5.85. The zero-order valence-corrected chi connectivity index (χ0v) is 16.6. The van der Waals surface area contributed by atoms with Crippen LogP contribution in [0.2, 0.25) is 5.02 Å². The molecular formula is C22H25ClN2O3. The van der Waals surface area contributed by atoms with Gasteiger partial charge in [-0.15, -0.1) is 0 Å². The predicted octanol–water partition coefficient (Wildman–Crippen LogP) is 3.03. The summed E-state index contributed by atoms with van der Waals surface area (Å²) in [6.45, 7) is 4.36. The Bertz CT molecular complexity index is 849. The SMILES string of the molecule is O=C1CCc2cc(OCC(O)CN3CCN(c4ccccc4Cl)CC3)ccc21. The van der Waals surface area contributed by atoms with Gasteiger partial charge in [0.2, 0.25) is 0 Å². The van der Waals surface area contributed by atoms with E-state index < -0.39 is 6.10 Å². The Balaban J connectivity index is 1.23. The van der Waals surface area contributed by atoms with Crippen LogP contribution in [0.4, 0.5) is 5.69 Å². The number of rotatable bonds is 6. The van der Waals surface area contributed by atoms with Crippen LogP contribution in [0.3, 0.4) is 0 Å². The molecule has 0 aromatic heterocycles. The van der Waals surface area contributed by atoms with Crippen LogP contribution in [0.1, 0.15) is 22.3 Å². The summed E-state index contributed by atoms with van der Waals surface area (Å²) in [4.78, 5) is 16.2. The quantitative estimate of drug-likeness (QED) is 0.807. The second-order valence-electron chi connectivity index (χ2n) is 7.45. The Morgan fingerprint density at radius 1 is 1.07 bits per heavy atom. The molecule has 0 radical (unpaired) electrons. The van der Waals surface area contributed by atoms with Gasteiger partial charge in [0.05, 0.1) is 10.7 Å². The van der Waals surface area contributed by atoms with Crippen molar-refractivity contribution in [2.45, 2.75) is 18.9 Å². The van der Waals surface area contributed by atoms with Crippen molar-refractivity contribution in [1.29, 1.82) is 0 Å². The van der Waals surface area contributed by atoms with Gasteiger partial charge in [-0.3, -0.25) is 9.69 Å². The summed E-state index contributed by atoms with van der Waals surface area (Å²) >= 11 is 6.29. The van der Waals surface area contributed by atoms with E-state index in [1.165, 1.54) is 0 Å². The van der Waals surface area contributed by atoms with Gasteiger partial charge in [-0.2, -0.15) is 0 Å². The number of aryl methyl sites for hydroxylation is 1. The number of hydrogen-bond donors (Lipinski definition) is 1. The van der Waals surface area contributed by atoms with Crippen LogP contribution in [-0.2, 0) is 6.42 Å². The number of ether oxygens (including phenoxy) is 1. The molecule has 2 aliphatic rings. The minimum Gasteiger partial charge on any atom is -0.491 e. The van der Waals surface area contributed by atoms with Gasteiger partial charge >= 0.3 is 0 Å². The number of aliphatic hydroxyl groups is 1. The third-order valence-electron chi connectivity index (χ3n) is 5.48. The molecule has 4 rings (SSSR count). The van der Waals surface area contributed by atoms with Gasteiger partial charge in [0.25, 0.3) is 0 Å². The van der Waals surface area contributed by atoms with E-state index in [-0.39, 0.29) is 12.4 Å². The summed E-state index contributed by atoms with van der Waals surface area (Å²) in [7, 11) is 0. The van der Waals surface area contributed by atoms with Crippen molar-refractivity contribution in [3.8, 4) is 5.75 Å². The predicted molar refractivity (Wildman–Crippen MR) is 111 cm³/mol. The summed E-state index contributed by atoms with van der Waals surface area (Å²) < 4.78 is 5.76. The van der Waals surface area contributed by atoms with Crippen LogP contribution >= 0.6 is 11.6 Å². The summed E-state index contributed by atoms with van der Waals surface area (Å²) in [6, 6.07) is 13.5. The number of halogens is 1. The number of nitrogens with zero attached hydrogens (tertiary/aromatic N) is 2. The van der Waals surface area contributed by atoms with E-state index in [4.69, 9.17) is 16.3 Å². The molecule has 1 aliphatic carbocycles. The van der Waals surface area contributed by atoms with E-state index in [1.54, 1.807) is 0 Å². The van der Waals surface area contributed by atoms with Crippen molar-refractivity contribution in [1.82, 2.24) is 4.90 Å². The number of benzene rings is 2. The van der Waals surface area contributed by atoms with E-state index >= 15 is 0 Å². The average molecular weight is 401 g/mol. The number of Topliss-reactive ketones (excluding diaryl/α,β-unsaturated/α-hetero) is 1. The van der Waals surface area contributed by atoms with Crippen LogP contribution in [0.25, 0.3) is 0 Å². The topological polar surface area (TPSA) is 53.0 Å². The highest BCUT2D eigenvalue weighted by Gasteiger charge is 2.22. The number of β-amino-alcohol motifs (C(OH)–C–C–N with tert-alkyl or cyclic N) is 1. The van der Waals surface area contributed by atoms with Crippen molar-refractivity contribution < 1.29 is 14.6 Å². The first kappa shape index (κ1) is 19.2. The van der Waals surface area contributed by atoms with Crippen LogP contribution in [0.5, 0.6) is 5.75 Å². The van der Waals surface area contributed by atoms with E-state index in [0.717, 1.165) is 60.2 Å². The summed E-state index contributed by atoms with van der Waals surface area (Å²) in [5, 5.41) is 11.1. The number of carbonyl (C=O) groups is 1. The standard InChI is InChI=1S/C22H25ClN2O3/c23-20-3-1-2-4-21(20)25-11-9-24(10-12-25)14-17(26)15-28-18-6-7-19-16(13-18)5-8-22(19)27/h1-4,6-7,13,17,26H,5,8-12,14-15H2. The number of hydrogen-bond acceptors (Lipinski definition) is 5. The van der Waals surface area contributed by atoms with Crippen molar-refractivity contribution in [2.24, 2.45) is 0 Å². The maximum absolute atomic E-state index is 11.7. The lowest BCUT2D eigenvalue weighted by Gasteiger charge is -2.37. The van der Waals surface area contributed by atoms with Gasteiger partial charge in [-0.05, 0) is 42.3 Å². The van der Waals surface area contributed by atoms with Crippen molar-refractivity contribution in [2.75, 3.05) is 44.2 Å². The molecule has 0 saturated carbocycles. The molecule has 6 heteroatoms. The molecule has 2 aromatic rings. The minimum atomic E-state index is -0.554. The number of fused-ring (bicyclic) bond motifs is 1. The molecule has 1 heterocycles. The highest BCUT2D eigenvalue weighted by Crippen LogP contribution is 2.27. The first-order valence-corrected chi connectivity index (χ1v) is 10.2. The number of para-hydroxylation sites is 1. The van der Waals surface area contributed by atoms with Gasteiger partial charge in [0.1, 0.15) is 18.5 Å². The molecule has 1 aliphatic heterocycles. The Morgan fingerprint density at radius 2 is 1.86 bits per heavy atom. The smallest absolute Gasteiger partial charge is 0.163 e. The largest absolute Gasteiger partial charge is 0.491 e. The lowest BCUT2D eigenvalue weighted by molar-refractivity contribution is 0.0663. The minimum absolute atomic E-state index is 0.206. The Hall–Kier alpha value is -2.08. The molecule has 0 bridgehead atoms. The normalized spacial score (nSPS) is 18.2. The third kappa shape index (κ3) is 4.32. The maximum atomic E-state index is 11.7. The highest BCUT2D eigenvalue weighted by atomic mass is 35.5. The van der Waals surface area contributed by atoms with Crippen molar-refractivity contribution in [3.05, 3.63) is 58.6 Å². The molecule has 1 fully saturated rings. The van der Waals surface area contributed by atoms with Crippen LogP contribution < -0.4 is 9.64 Å². The maximum Gasteiger partial charge on any atom is 0.163 e. The molecule has 1 atom stereocenters. The zero-order valence-electron chi connectivity index (χ0n) is 15.8. The van der Waals surface area contributed by atoms with Crippen LogP contribution in [0.15, 0.2) is 42.5 Å². The molecule has 0 amide bonds. The summed E-state index contributed by atoms with van der Waals surface area (Å²) in [5.74, 6) is 0.925. The molecular weight excluding hydrogens is 376 g/mol. The molecule has 0 spiro atoms. The average Bonchev–Trinajstić information content (AvgIpc) is 3.08. The number of ketones is 1. The first-order valence-electron chi connectivity index (χ1n) is 9.79. The summed E-state index contributed by atoms with van der Waals surface area (Å²) in [5.41, 5.74) is 2.93. The number of carbonyl (C=O) groups excluding carboxylic acids is 1. The van der Waals surface area contributed by atoms with E-state index in [9.17, 15) is 9.90 Å². The van der Waals surface area contributed by atoms with E-state index in [0.29, 0.717) is 13.0 Å². The third-order valence-corrected chi connectivity index (χ3v) is 5.79. The van der Waals surface area contributed by atoms with Crippen LogP contribution in [0, 0.1) is 0 Å². The van der Waals surface area contributed by atoms with Gasteiger partial charge < -0.3 is 14.7 Å². The molecule has 148 valence electrons. The summed E-state index contributed by atoms with van der Waals surface area (Å²) in [6.07, 6.45) is 0.812. The lowest BCUT2D eigenvalue weighted by Crippen LogP contribution is -2.49. The fourth-order valence-corrected chi connectivity index (χ4v) is 4.20. The first-order chi connectivity index (χ1) is 13.6. The van der Waals surface area contributed by atoms with E-state index in [2.05, 4.69) is 9.80 Å². The zero-order chi connectivity index (χ0) is 19.5. The molecule has 1 saturated heterocycles. The number of anilines is 1. The lowest BCUT2D eigenvalue weighted by atomic mass is 10.1. The fourth-order valence-electron chi connectivity index (χ4n) is 3.94. The van der Waals surface area contributed by atoms with Crippen molar-refractivity contribution >= 4 is 23.1 Å². The van der Waals surface area contributed by atoms with Gasteiger partial charge in [-0.25, -0.2) is 0 Å². The second-order valence-corrected chi connectivity index (χ2v) is 7.85. The fraction of sp³-hybridized carbons (Fsp3) is 0.409. The van der Waals surface area contributed by atoms with Gasteiger partial charge in [0, 0.05) is 44.7 Å². The van der Waals surface area contributed by atoms with Gasteiger partial charge in [0.15, 0.2) is 5.78 Å². The van der Waals surface area contributed by atoms with Crippen molar-refractivity contribution in [3.63, 3.8) is 0 Å². The highest BCUT2D eigenvalue weighted by molar-refractivity contribution is 6.33. The van der Waals surface area contributed by atoms with Gasteiger partial charge in [-0.1, -0.05) is 23.7 Å². The Morgan fingerprint density at radius 3 is 2.64 bits per heavy atom. The van der Waals surface area contributed by atoms with E-state index in [1.807, 2.05) is 42.5 Å². The number of piperazine rings is 1. The van der Waals surface area contributed by atoms with Crippen LogP contribution in [-0.4, -0.2) is 61.2 Å². The molecule has 1 N–H and O–H groups in total. The number of aliphatic hydroxyl groups excluding tert-OH is 1. The molecule has 5 nitrogen and oxygen atoms in total. The molecule has 2 aromatic carbocycles. The molecule has 28 heavy (non-hydrogen) atoms.